The summed E-state index contributed by atoms with van der Waals surface area (Å²) in [4.78, 5) is 11.8. The highest BCUT2D eigenvalue weighted by atomic mass is 35.5. The fraction of sp³-hybridized carbons (Fsp3) is 0.909. The number of hydrogen-bond donors (Lipinski definition) is 2. The molecular weight excluding hydrogens is 244 g/mol. The highest BCUT2D eigenvalue weighted by molar-refractivity contribution is 8.00. The van der Waals surface area contributed by atoms with Crippen LogP contribution in [0, 0.1) is 5.92 Å². The van der Waals surface area contributed by atoms with Crippen molar-refractivity contribution in [1.82, 2.24) is 10.6 Å². The van der Waals surface area contributed by atoms with Crippen LogP contribution in [0.2, 0.25) is 0 Å². The first-order chi connectivity index (χ1) is 7.20. The third kappa shape index (κ3) is 3.54. The Morgan fingerprint density at radius 1 is 1.62 bits per heavy atom. The molecule has 1 unspecified atom stereocenters. The maximum atomic E-state index is 11.8. The van der Waals surface area contributed by atoms with Crippen LogP contribution < -0.4 is 10.6 Å². The van der Waals surface area contributed by atoms with E-state index in [1.54, 1.807) is 0 Å². The summed E-state index contributed by atoms with van der Waals surface area (Å²) in [6.07, 6.45) is 3.53. The minimum atomic E-state index is 0. The van der Waals surface area contributed by atoms with Crippen LogP contribution in [0.1, 0.15) is 26.2 Å². The van der Waals surface area contributed by atoms with E-state index in [0.717, 1.165) is 26.1 Å². The maximum Gasteiger partial charge on any atom is 0.224 e. The fourth-order valence-corrected chi connectivity index (χ4v) is 3.52. The van der Waals surface area contributed by atoms with Gasteiger partial charge in [-0.1, -0.05) is 0 Å². The second-order valence-corrected chi connectivity index (χ2v) is 6.49. The van der Waals surface area contributed by atoms with Crippen molar-refractivity contribution in [3.63, 3.8) is 0 Å². The Kier molecular flexibility index (Phi) is 5.41. The maximum absolute atomic E-state index is 11.8. The summed E-state index contributed by atoms with van der Waals surface area (Å²) in [7, 11) is 0. The number of carbonyl (C=O) groups is 1. The first-order valence-corrected chi connectivity index (χ1v) is 6.81. The third-order valence-corrected chi connectivity index (χ3v) is 4.91. The third-order valence-electron chi connectivity index (χ3n) is 3.37. The van der Waals surface area contributed by atoms with Crippen molar-refractivity contribution in [2.45, 2.75) is 30.9 Å². The van der Waals surface area contributed by atoms with Gasteiger partial charge in [0.2, 0.25) is 5.91 Å². The van der Waals surface area contributed by atoms with Crippen molar-refractivity contribution < 1.29 is 4.79 Å². The second-order valence-electron chi connectivity index (χ2n) is 4.81. The van der Waals surface area contributed by atoms with Crippen LogP contribution in [0.15, 0.2) is 0 Å². The molecule has 2 rings (SSSR count). The quantitative estimate of drug-likeness (QED) is 0.810. The molecule has 0 aromatic heterocycles. The van der Waals surface area contributed by atoms with E-state index in [4.69, 9.17) is 0 Å². The molecule has 0 aliphatic carbocycles. The van der Waals surface area contributed by atoms with Crippen LogP contribution in [-0.2, 0) is 4.79 Å². The fourth-order valence-electron chi connectivity index (χ4n) is 2.27. The van der Waals surface area contributed by atoms with Crippen LogP contribution in [0.5, 0.6) is 0 Å². The van der Waals surface area contributed by atoms with Crippen molar-refractivity contribution >= 4 is 30.1 Å². The van der Waals surface area contributed by atoms with Gasteiger partial charge in [0.15, 0.2) is 0 Å². The van der Waals surface area contributed by atoms with Crippen LogP contribution in [0.4, 0.5) is 0 Å². The number of amides is 1. The number of carbonyl (C=O) groups excluding carboxylic acids is 1. The number of halogens is 1. The van der Waals surface area contributed by atoms with E-state index in [9.17, 15) is 4.79 Å². The van der Waals surface area contributed by atoms with Gasteiger partial charge in [-0.15, -0.1) is 12.4 Å². The zero-order valence-electron chi connectivity index (χ0n) is 9.75. The van der Waals surface area contributed by atoms with E-state index >= 15 is 0 Å². The molecule has 2 aliphatic rings. The lowest BCUT2D eigenvalue weighted by Crippen LogP contribution is -2.40. The summed E-state index contributed by atoms with van der Waals surface area (Å²) < 4.78 is 0.293. The minimum Gasteiger partial charge on any atom is -0.354 e. The second kappa shape index (κ2) is 6.12. The Morgan fingerprint density at radius 2 is 2.44 bits per heavy atom. The summed E-state index contributed by atoms with van der Waals surface area (Å²) in [5.74, 6) is 1.70. The van der Waals surface area contributed by atoms with Gasteiger partial charge in [0.05, 0.1) is 5.92 Å². The number of thioether (sulfide) groups is 1. The van der Waals surface area contributed by atoms with Crippen LogP contribution >= 0.6 is 24.2 Å². The first kappa shape index (κ1) is 14.1. The smallest absolute Gasteiger partial charge is 0.224 e. The highest BCUT2D eigenvalue weighted by Crippen LogP contribution is 2.36. The van der Waals surface area contributed by atoms with Crippen molar-refractivity contribution in [1.29, 1.82) is 0 Å². The molecule has 94 valence electrons. The van der Waals surface area contributed by atoms with E-state index < -0.39 is 0 Å². The van der Waals surface area contributed by atoms with Gasteiger partial charge in [0.25, 0.3) is 0 Å². The lowest BCUT2D eigenvalue weighted by molar-refractivity contribution is -0.124. The lowest BCUT2D eigenvalue weighted by Gasteiger charge is -2.23. The molecule has 2 fully saturated rings. The van der Waals surface area contributed by atoms with Crippen LogP contribution in [-0.4, -0.2) is 36.0 Å². The molecule has 0 spiro atoms. The molecule has 5 heteroatoms. The Balaban J connectivity index is 0.00000128. The normalized spacial score (nSPS) is 33.4. The monoisotopic (exact) mass is 264 g/mol. The first-order valence-electron chi connectivity index (χ1n) is 5.82. The predicted molar refractivity (Wildman–Crippen MR) is 71.3 cm³/mol. The SMILES string of the molecule is CC1(CNC(=O)[C@H]2CCNC2)CCCS1.Cl. The van der Waals surface area contributed by atoms with Gasteiger partial charge in [-0.3, -0.25) is 4.79 Å². The summed E-state index contributed by atoms with van der Waals surface area (Å²) in [6, 6.07) is 0. The summed E-state index contributed by atoms with van der Waals surface area (Å²) in [5.41, 5.74) is 0. The van der Waals surface area contributed by atoms with E-state index in [1.165, 1.54) is 18.6 Å². The van der Waals surface area contributed by atoms with Crippen molar-refractivity contribution in [3.8, 4) is 0 Å². The molecule has 2 N–H and O–H groups in total. The van der Waals surface area contributed by atoms with E-state index in [1.807, 2.05) is 11.8 Å². The zero-order valence-corrected chi connectivity index (χ0v) is 11.4. The Morgan fingerprint density at radius 3 is 3.00 bits per heavy atom. The Hall–Kier alpha value is 0.0700. The summed E-state index contributed by atoms with van der Waals surface area (Å²) in [6.45, 7) is 4.95. The zero-order chi connectivity index (χ0) is 10.7. The molecule has 0 saturated carbocycles. The predicted octanol–water partition coefficient (Wildman–Crippen LogP) is 1.42. The molecule has 2 saturated heterocycles. The minimum absolute atomic E-state index is 0. The summed E-state index contributed by atoms with van der Waals surface area (Å²) >= 11 is 2.00. The van der Waals surface area contributed by atoms with Crippen molar-refractivity contribution in [2.75, 3.05) is 25.4 Å². The largest absolute Gasteiger partial charge is 0.354 e. The van der Waals surface area contributed by atoms with Gasteiger partial charge < -0.3 is 10.6 Å². The molecule has 2 atom stereocenters. The van der Waals surface area contributed by atoms with Gasteiger partial charge in [0, 0.05) is 17.8 Å². The topological polar surface area (TPSA) is 41.1 Å². The molecule has 0 radical (unpaired) electrons. The Labute approximate surface area is 108 Å². The molecule has 3 nitrogen and oxygen atoms in total. The van der Waals surface area contributed by atoms with Crippen molar-refractivity contribution in [2.24, 2.45) is 5.92 Å². The average Bonchev–Trinajstić information content (AvgIpc) is 2.85. The number of nitrogens with one attached hydrogen (secondary N) is 2. The van der Waals surface area contributed by atoms with E-state index in [0.29, 0.717) is 4.75 Å². The number of rotatable bonds is 3. The van der Waals surface area contributed by atoms with Gasteiger partial charge >= 0.3 is 0 Å². The van der Waals surface area contributed by atoms with Crippen molar-refractivity contribution in [3.05, 3.63) is 0 Å². The van der Waals surface area contributed by atoms with Crippen LogP contribution in [0.3, 0.4) is 0 Å². The lowest BCUT2D eigenvalue weighted by atomic mass is 10.0. The van der Waals surface area contributed by atoms with Gasteiger partial charge in [-0.2, -0.15) is 11.8 Å². The summed E-state index contributed by atoms with van der Waals surface area (Å²) in [5, 5.41) is 6.33. The average molecular weight is 265 g/mol. The van der Waals surface area contributed by atoms with Gasteiger partial charge in [0.1, 0.15) is 0 Å². The van der Waals surface area contributed by atoms with Gasteiger partial charge in [-0.05, 0) is 38.5 Å². The van der Waals surface area contributed by atoms with Gasteiger partial charge in [-0.25, -0.2) is 0 Å². The molecular formula is C11H21ClN2OS. The number of hydrogen-bond acceptors (Lipinski definition) is 3. The molecule has 16 heavy (non-hydrogen) atoms. The molecule has 2 aliphatic heterocycles. The Bertz CT molecular complexity index is 238. The molecule has 1 amide bonds. The standard InChI is InChI=1S/C11H20N2OS.ClH/c1-11(4-2-6-15-11)8-13-10(14)9-3-5-12-7-9;/h9,12H,2-8H2,1H3,(H,13,14);1H/t9-,11?;/m0./s1. The van der Waals surface area contributed by atoms with E-state index in [-0.39, 0.29) is 24.2 Å². The van der Waals surface area contributed by atoms with E-state index in [2.05, 4.69) is 17.6 Å². The van der Waals surface area contributed by atoms with Crippen LogP contribution in [0.25, 0.3) is 0 Å². The molecule has 0 bridgehead atoms. The molecule has 2 heterocycles. The molecule has 0 aromatic carbocycles. The highest BCUT2D eigenvalue weighted by Gasteiger charge is 2.31. The molecule has 0 aromatic rings.